The molecule has 9 nitrogen and oxygen atoms in total. The van der Waals surface area contributed by atoms with Crippen LogP contribution >= 0.6 is 0 Å². The van der Waals surface area contributed by atoms with Crippen molar-refractivity contribution < 1.29 is 14.6 Å². The molecule has 2 aromatic carbocycles. The number of aromatic amines is 1. The predicted octanol–water partition coefficient (Wildman–Crippen LogP) is 2.46. The lowest BCUT2D eigenvalue weighted by atomic mass is 10.1. The van der Waals surface area contributed by atoms with Gasteiger partial charge in [0.25, 0.3) is 5.56 Å². The first-order valence-electron chi connectivity index (χ1n) is 8.90. The third-order valence-corrected chi connectivity index (χ3v) is 4.52. The number of nitrogens with one attached hydrogen (secondary N) is 1. The lowest BCUT2D eigenvalue weighted by molar-refractivity contribution is 0.0496. The first kappa shape index (κ1) is 18.9. The van der Waals surface area contributed by atoms with E-state index in [4.69, 9.17) is 4.74 Å². The SMILES string of the molecule is Cn1nc(C(=O)OC/C(O)=C(\C#N)c2nc3ccccc3[nH]2)c2ccccc2c1=O. The van der Waals surface area contributed by atoms with Crippen molar-refractivity contribution >= 4 is 33.3 Å². The van der Waals surface area contributed by atoms with E-state index in [1.807, 2.05) is 12.1 Å². The van der Waals surface area contributed by atoms with Crippen molar-refractivity contribution in [3.63, 3.8) is 0 Å². The topological polar surface area (TPSA) is 134 Å². The molecule has 4 rings (SSSR count). The number of aliphatic hydroxyl groups is 1. The number of ether oxygens (including phenoxy) is 1. The minimum atomic E-state index is -0.838. The zero-order chi connectivity index (χ0) is 21.3. The van der Waals surface area contributed by atoms with Crippen LogP contribution in [-0.4, -0.2) is 37.4 Å². The van der Waals surface area contributed by atoms with Crippen LogP contribution in [0.25, 0.3) is 27.4 Å². The molecule has 2 N–H and O–H groups in total. The summed E-state index contributed by atoms with van der Waals surface area (Å²) in [5, 5.41) is 24.4. The Balaban J connectivity index is 1.63. The van der Waals surface area contributed by atoms with Crippen molar-refractivity contribution in [3.8, 4) is 6.07 Å². The van der Waals surface area contributed by atoms with E-state index in [-0.39, 0.29) is 22.7 Å². The molecule has 0 radical (unpaired) electrons. The second-order valence-corrected chi connectivity index (χ2v) is 6.44. The normalized spacial score (nSPS) is 11.9. The highest BCUT2D eigenvalue weighted by atomic mass is 16.5. The molecule has 30 heavy (non-hydrogen) atoms. The number of nitriles is 1. The van der Waals surface area contributed by atoms with Crippen LogP contribution in [0.5, 0.6) is 0 Å². The van der Waals surface area contributed by atoms with E-state index in [2.05, 4.69) is 15.1 Å². The highest BCUT2D eigenvalue weighted by Crippen LogP contribution is 2.19. The average molecular weight is 401 g/mol. The molecular formula is C21H15N5O4. The quantitative estimate of drug-likeness (QED) is 0.305. The third kappa shape index (κ3) is 3.27. The highest BCUT2D eigenvalue weighted by molar-refractivity contribution is 6.02. The van der Waals surface area contributed by atoms with Crippen LogP contribution < -0.4 is 5.56 Å². The van der Waals surface area contributed by atoms with E-state index < -0.39 is 18.3 Å². The van der Waals surface area contributed by atoms with E-state index in [1.54, 1.807) is 42.5 Å². The fourth-order valence-corrected chi connectivity index (χ4v) is 3.05. The molecule has 4 aromatic rings. The van der Waals surface area contributed by atoms with Crippen LogP contribution in [0.2, 0.25) is 0 Å². The third-order valence-electron chi connectivity index (χ3n) is 4.52. The molecule has 0 fully saturated rings. The second kappa shape index (κ2) is 7.52. The molecule has 0 aliphatic carbocycles. The summed E-state index contributed by atoms with van der Waals surface area (Å²) in [6, 6.07) is 15.6. The lowest BCUT2D eigenvalue weighted by Gasteiger charge is -2.08. The number of benzene rings is 2. The number of allylic oxidation sites excluding steroid dienone is 1. The number of hydrogen-bond donors (Lipinski definition) is 2. The summed E-state index contributed by atoms with van der Waals surface area (Å²) in [5.41, 5.74) is 0.776. The molecule has 0 unspecified atom stereocenters. The molecule has 0 atom stereocenters. The number of fused-ring (bicyclic) bond motifs is 2. The number of esters is 1. The molecule has 2 heterocycles. The Kier molecular flexibility index (Phi) is 4.74. The molecule has 0 bridgehead atoms. The highest BCUT2D eigenvalue weighted by Gasteiger charge is 2.19. The fraction of sp³-hybridized carbons (Fsp3) is 0.0952. The van der Waals surface area contributed by atoms with Crippen molar-refractivity contribution in [3.05, 3.63) is 76.2 Å². The van der Waals surface area contributed by atoms with E-state index in [0.717, 1.165) is 4.68 Å². The van der Waals surface area contributed by atoms with Gasteiger partial charge in [-0.1, -0.05) is 30.3 Å². The molecular weight excluding hydrogens is 386 g/mol. The Morgan fingerprint density at radius 2 is 1.90 bits per heavy atom. The molecule has 0 spiro atoms. The molecule has 0 saturated heterocycles. The molecule has 2 aromatic heterocycles. The fourth-order valence-electron chi connectivity index (χ4n) is 3.05. The maximum atomic E-state index is 12.6. The van der Waals surface area contributed by atoms with E-state index >= 15 is 0 Å². The first-order chi connectivity index (χ1) is 14.5. The van der Waals surface area contributed by atoms with Crippen molar-refractivity contribution in [2.75, 3.05) is 6.61 Å². The van der Waals surface area contributed by atoms with Gasteiger partial charge in [-0.2, -0.15) is 10.4 Å². The number of aryl methyl sites for hydroxylation is 1. The van der Waals surface area contributed by atoms with Gasteiger partial charge in [-0.3, -0.25) is 4.79 Å². The summed E-state index contributed by atoms with van der Waals surface area (Å²) in [5.74, 6) is -1.13. The maximum Gasteiger partial charge on any atom is 0.359 e. The van der Waals surface area contributed by atoms with Gasteiger partial charge in [-0.15, -0.1) is 0 Å². The minimum Gasteiger partial charge on any atom is -0.507 e. The smallest absolute Gasteiger partial charge is 0.359 e. The first-order valence-corrected chi connectivity index (χ1v) is 8.90. The zero-order valence-electron chi connectivity index (χ0n) is 15.8. The van der Waals surface area contributed by atoms with Gasteiger partial charge in [0.05, 0.1) is 16.4 Å². The summed E-state index contributed by atoms with van der Waals surface area (Å²) in [6.45, 7) is -0.558. The van der Waals surface area contributed by atoms with Gasteiger partial charge in [0.2, 0.25) is 0 Å². The molecule has 0 aliphatic heterocycles. The van der Waals surface area contributed by atoms with Crippen LogP contribution in [0.1, 0.15) is 16.3 Å². The zero-order valence-corrected chi connectivity index (χ0v) is 15.8. The number of aliphatic hydroxyl groups excluding tert-OH is 1. The van der Waals surface area contributed by atoms with Gasteiger partial charge in [-0.05, 0) is 18.2 Å². The number of H-pyrrole nitrogens is 1. The van der Waals surface area contributed by atoms with Gasteiger partial charge in [-0.25, -0.2) is 14.5 Å². The standard InChI is InChI=1S/C21H15N5O4/c1-26-20(28)13-7-3-2-6-12(13)18(25-26)21(29)30-11-17(27)14(10-22)19-23-15-8-4-5-9-16(15)24-19/h2-9,27H,11H2,1H3,(H,23,24)/b17-14-. The number of carbonyl (C=O) groups is 1. The minimum absolute atomic E-state index is 0.0669. The molecule has 148 valence electrons. The van der Waals surface area contributed by atoms with Crippen LogP contribution in [-0.2, 0) is 11.8 Å². The summed E-state index contributed by atoms with van der Waals surface area (Å²) < 4.78 is 6.20. The van der Waals surface area contributed by atoms with Gasteiger partial charge in [0.1, 0.15) is 18.2 Å². The Hall–Kier alpha value is -4.45. The van der Waals surface area contributed by atoms with Crippen molar-refractivity contribution in [1.82, 2.24) is 19.7 Å². The average Bonchev–Trinajstić information content (AvgIpc) is 3.18. The van der Waals surface area contributed by atoms with E-state index in [1.165, 1.54) is 7.05 Å². The molecule has 9 heteroatoms. The van der Waals surface area contributed by atoms with Gasteiger partial charge in [0, 0.05) is 12.4 Å². The summed E-state index contributed by atoms with van der Waals surface area (Å²) in [6.07, 6.45) is 0. The van der Waals surface area contributed by atoms with Crippen molar-refractivity contribution in [2.24, 2.45) is 7.05 Å². The van der Waals surface area contributed by atoms with Crippen LogP contribution in [0.4, 0.5) is 0 Å². The Morgan fingerprint density at radius 3 is 2.63 bits per heavy atom. The van der Waals surface area contributed by atoms with Gasteiger partial charge < -0.3 is 14.8 Å². The Labute approximate surface area is 169 Å². The number of rotatable bonds is 4. The predicted molar refractivity (Wildman–Crippen MR) is 109 cm³/mol. The molecule has 0 amide bonds. The number of para-hydroxylation sites is 2. The second-order valence-electron chi connectivity index (χ2n) is 6.44. The van der Waals surface area contributed by atoms with E-state index in [0.29, 0.717) is 21.8 Å². The Morgan fingerprint density at radius 1 is 1.20 bits per heavy atom. The number of aromatic nitrogens is 4. The number of nitrogens with zero attached hydrogens (tertiary/aromatic N) is 4. The van der Waals surface area contributed by atoms with E-state index in [9.17, 15) is 20.0 Å². The van der Waals surface area contributed by atoms with Gasteiger partial charge in [0.15, 0.2) is 17.3 Å². The Bertz CT molecular complexity index is 1390. The van der Waals surface area contributed by atoms with Crippen LogP contribution in [0.15, 0.2) is 59.1 Å². The number of imidazole rings is 1. The van der Waals surface area contributed by atoms with Crippen LogP contribution in [0.3, 0.4) is 0 Å². The monoisotopic (exact) mass is 401 g/mol. The number of hydrogen-bond acceptors (Lipinski definition) is 7. The van der Waals surface area contributed by atoms with Crippen molar-refractivity contribution in [1.29, 1.82) is 5.26 Å². The largest absolute Gasteiger partial charge is 0.507 e. The summed E-state index contributed by atoms with van der Waals surface area (Å²) in [4.78, 5) is 32.0. The summed E-state index contributed by atoms with van der Waals surface area (Å²) >= 11 is 0. The summed E-state index contributed by atoms with van der Waals surface area (Å²) in [7, 11) is 1.43. The van der Waals surface area contributed by atoms with Crippen molar-refractivity contribution in [2.45, 2.75) is 0 Å². The lowest BCUT2D eigenvalue weighted by Crippen LogP contribution is -2.24. The number of carbonyl (C=O) groups excluding carboxylic acids is 1. The molecule has 0 aliphatic rings. The maximum absolute atomic E-state index is 12.6. The molecule has 0 saturated carbocycles. The van der Waals surface area contributed by atoms with Gasteiger partial charge >= 0.3 is 5.97 Å². The van der Waals surface area contributed by atoms with Crippen LogP contribution in [0, 0.1) is 11.3 Å².